The molecular weight excluding hydrogens is 360 g/mol. The zero-order valence-corrected chi connectivity index (χ0v) is 16.0. The third-order valence-electron chi connectivity index (χ3n) is 3.55. The van der Waals surface area contributed by atoms with E-state index in [-0.39, 0.29) is 5.92 Å². The summed E-state index contributed by atoms with van der Waals surface area (Å²) in [7, 11) is -2.80. The number of hydrogen-bond donors (Lipinski definition) is 1. The number of nitrogens with one attached hydrogen (secondary N) is 1. The third kappa shape index (κ3) is 6.23. The minimum absolute atomic E-state index is 0.253. The Kier molecular flexibility index (Phi) is 7.91. The maximum Gasteiger partial charge on any atom is 0.312 e. The smallest absolute Gasteiger partial charge is 0.312 e. The highest BCUT2D eigenvalue weighted by molar-refractivity contribution is 7.89. The van der Waals surface area contributed by atoms with Gasteiger partial charge in [-0.15, -0.1) is 0 Å². The van der Waals surface area contributed by atoms with Crippen LogP contribution in [-0.4, -0.2) is 32.5 Å². The quantitative estimate of drug-likeness (QED) is 0.303. The first kappa shape index (κ1) is 21.8. The van der Waals surface area contributed by atoms with Crippen LogP contribution < -0.4 is 4.72 Å². The molecule has 9 heteroatoms. The lowest BCUT2D eigenvalue weighted by Crippen LogP contribution is -2.32. The van der Waals surface area contributed by atoms with Gasteiger partial charge in [0.15, 0.2) is 4.90 Å². The van der Waals surface area contributed by atoms with E-state index in [0.717, 1.165) is 6.07 Å². The number of esters is 1. The van der Waals surface area contributed by atoms with Crippen molar-refractivity contribution in [1.82, 2.24) is 4.72 Å². The average Bonchev–Trinajstić information content (AvgIpc) is 2.57. The molecule has 0 saturated carbocycles. The fourth-order valence-corrected chi connectivity index (χ4v) is 3.77. The lowest BCUT2D eigenvalue weighted by Gasteiger charge is -2.15. The number of methoxy groups -OCH3 is 1. The van der Waals surface area contributed by atoms with Crippen LogP contribution in [0.2, 0.25) is 0 Å². The van der Waals surface area contributed by atoms with Gasteiger partial charge in [-0.05, 0) is 25.3 Å². The second kappa shape index (κ2) is 9.44. The van der Waals surface area contributed by atoms with Gasteiger partial charge in [-0.2, -0.15) is 0 Å². The van der Waals surface area contributed by atoms with Crippen LogP contribution in [0, 0.1) is 22.0 Å². The predicted octanol–water partition coefficient (Wildman–Crippen LogP) is 2.65. The zero-order valence-electron chi connectivity index (χ0n) is 15.2. The summed E-state index contributed by atoms with van der Waals surface area (Å²) in [6, 6.07) is 4.45. The molecule has 0 aliphatic rings. The normalized spacial score (nSPS) is 14.3. The fourth-order valence-electron chi connectivity index (χ4n) is 2.40. The van der Waals surface area contributed by atoms with Gasteiger partial charge < -0.3 is 4.74 Å². The minimum atomic E-state index is -4.09. The van der Waals surface area contributed by atoms with Gasteiger partial charge in [0.1, 0.15) is 0 Å². The van der Waals surface area contributed by atoms with E-state index >= 15 is 0 Å². The summed E-state index contributed by atoms with van der Waals surface area (Å²) in [5.41, 5.74) is -0.497. The van der Waals surface area contributed by atoms with Crippen molar-refractivity contribution in [1.29, 1.82) is 0 Å². The van der Waals surface area contributed by atoms with Crippen molar-refractivity contribution >= 4 is 21.7 Å². The number of sulfonamides is 1. The second-order valence-electron chi connectivity index (χ2n) is 6.28. The maximum absolute atomic E-state index is 12.4. The number of nitrogens with zero attached hydrogens (tertiary/aromatic N) is 1. The molecule has 1 aromatic rings. The van der Waals surface area contributed by atoms with E-state index in [0.29, 0.717) is 6.42 Å². The van der Waals surface area contributed by atoms with Gasteiger partial charge in [0.2, 0.25) is 10.0 Å². The van der Waals surface area contributed by atoms with E-state index < -0.39 is 43.5 Å². The summed E-state index contributed by atoms with van der Waals surface area (Å²) in [6.07, 6.45) is 3.70. The van der Waals surface area contributed by atoms with Crippen LogP contribution >= 0.6 is 0 Å². The largest absolute Gasteiger partial charge is 0.469 e. The zero-order chi connectivity index (χ0) is 19.9. The molecule has 1 rings (SSSR count). The molecule has 2 atom stereocenters. The number of para-hydroxylation sites is 1. The Bertz CT molecular complexity index is 773. The second-order valence-corrected chi connectivity index (χ2v) is 7.96. The van der Waals surface area contributed by atoms with E-state index in [1.54, 1.807) is 13.0 Å². The van der Waals surface area contributed by atoms with E-state index in [4.69, 9.17) is 4.74 Å². The van der Waals surface area contributed by atoms with E-state index in [1.165, 1.54) is 31.4 Å². The van der Waals surface area contributed by atoms with Crippen LogP contribution in [0.4, 0.5) is 5.69 Å². The van der Waals surface area contributed by atoms with Crippen molar-refractivity contribution in [2.24, 2.45) is 11.8 Å². The maximum atomic E-state index is 12.4. The number of hydrogen-bond acceptors (Lipinski definition) is 6. The topological polar surface area (TPSA) is 116 Å². The van der Waals surface area contributed by atoms with Gasteiger partial charge in [-0.25, -0.2) is 13.1 Å². The number of rotatable bonds is 9. The van der Waals surface area contributed by atoms with E-state index in [1.807, 2.05) is 13.8 Å². The molecule has 0 radical (unpaired) electrons. The van der Waals surface area contributed by atoms with Crippen molar-refractivity contribution in [3.63, 3.8) is 0 Å². The summed E-state index contributed by atoms with van der Waals surface area (Å²) in [4.78, 5) is 21.7. The Balaban J connectivity index is 2.96. The molecule has 0 unspecified atom stereocenters. The molecule has 0 saturated heterocycles. The molecule has 0 aromatic heterocycles. The highest BCUT2D eigenvalue weighted by Crippen LogP contribution is 2.23. The van der Waals surface area contributed by atoms with Crippen molar-refractivity contribution in [3.05, 3.63) is 46.5 Å². The standard InChI is InChI=1S/C17H24N2O6S/c1-12(2)11-14(17(20)25-4)10-9-13(3)18-26(23,24)16-8-6-5-7-15(16)19(21)22/h5-10,12-14,18H,11H2,1-4H3/b10-9+/t13-,14+/m0/s1. The SMILES string of the molecule is COC(=O)[C@H](/C=C/[C@H](C)NS(=O)(=O)c1ccccc1[N+](=O)[O-])CC(C)C. The molecule has 26 heavy (non-hydrogen) atoms. The van der Waals surface area contributed by atoms with Crippen molar-refractivity contribution < 1.29 is 22.9 Å². The van der Waals surface area contributed by atoms with Crippen molar-refractivity contribution in [3.8, 4) is 0 Å². The Morgan fingerprint density at radius 3 is 2.42 bits per heavy atom. The number of carbonyl (C=O) groups excluding carboxylic acids is 1. The summed E-state index contributed by atoms with van der Waals surface area (Å²) in [5, 5.41) is 11.0. The number of nitro groups is 1. The molecule has 0 spiro atoms. The number of ether oxygens (including phenoxy) is 1. The first-order chi connectivity index (χ1) is 12.1. The summed E-state index contributed by atoms with van der Waals surface area (Å²) in [6.45, 7) is 5.50. The Labute approximate surface area is 153 Å². The molecule has 1 aromatic carbocycles. The lowest BCUT2D eigenvalue weighted by molar-refractivity contribution is -0.387. The van der Waals surface area contributed by atoms with Crippen molar-refractivity contribution in [2.45, 2.75) is 38.1 Å². The van der Waals surface area contributed by atoms with Gasteiger partial charge in [0, 0.05) is 12.1 Å². The van der Waals surface area contributed by atoms with Crippen molar-refractivity contribution in [2.75, 3.05) is 7.11 Å². The van der Waals surface area contributed by atoms with Crippen LogP contribution in [0.25, 0.3) is 0 Å². The Morgan fingerprint density at radius 2 is 1.88 bits per heavy atom. The molecule has 0 aliphatic carbocycles. The number of nitro benzene ring substituents is 1. The molecular formula is C17H24N2O6S. The van der Waals surface area contributed by atoms with E-state index in [2.05, 4.69) is 4.72 Å². The predicted molar refractivity (Wildman–Crippen MR) is 97.0 cm³/mol. The van der Waals surface area contributed by atoms with Crippen LogP contribution in [0.5, 0.6) is 0 Å². The molecule has 0 fully saturated rings. The Hall–Kier alpha value is -2.26. The molecule has 0 aliphatic heterocycles. The van der Waals surface area contributed by atoms with Crippen LogP contribution in [0.15, 0.2) is 41.3 Å². The number of benzene rings is 1. The van der Waals surface area contributed by atoms with Crippen LogP contribution in [0.1, 0.15) is 27.2 Å². The van der Waals surface area contributed by atoms with Gasteiger partial charge >= 0.3 is 5.97 Å². The van der Waals surface area contributed by atoms with Gasteiger partial charge in [-0.1, -0.05) is 38.1 Å². The summed E-state index contributed by atoms with van der Waals surface area (Å²) < 4.78 is 32.0. The molecule has 0 amide bonds. The molecule has 0 heterocycles. The van der Waals surface area contributed by atoms with E-state index in [9.17, 15) is 23.3 Å². The first-order valence-corrected chi connectivity index (χ1v) is 9.58. The molecule has 8 nitrogen and oxygen atoms in total. The molecule has 1 N–H and O–H groups in total. The van der Waals surface area contributed by atoms with Gasteiger partial charge in [-0.3, -0.25) is 14.9 Å². The van der Waals surface area contributed by atoms with Gasteiger partial charge in [0.25, 0.3) is 5.69 Å². The highest BCUT2D eigenvalue weighted by atomic mass is 32.2. The monoisotopic (exact) mass is 384 g/mol. The third-order valence-corrected chi connectivity index (χ3v) is 5.16. The highest BCUT2D eigenvalue weighted by Gasteiger charge is 2.26. The average molecular weight is 384 g/mol. The minimum Gasteiger partial charge on any atom is -0.469 e. The fraction of sp³-hybridized carbons (Fsp3) is 0.471. The van der Waals surface area contributed by atoms with Crippen LogP contribution in [-0.2, 0) is 19.6 Å². The first-order valence-electron chi connectivity index (χ1n) is 8.10. The van der Waals surface area contributed by atoms with Gasteiger partial charge in [0.05, 0.1) is 18.0 Å². The summed E-state index contributed by atoms with van der Waals surface area (Å²) in [5.74, 6) is -0.635. The lowest BCUT2D eigenvalue weighted by atomic mass is 9.96. The van der Waals surface area contributed by atoms with Crippen LogP contribution in [0.3, 0.4) is 0 Å². The summed E-state index contributed by atoms with van der Waals surface area (Å²) >= 11 is 0. The number of carbonyl (C=O) groups is 1. The molecule has 144 valence electrons. The Morgan fingerprint density at radius 1 is 1.27 bits per heavy atom. The molecule has 0 bridgehead atoms.